The van der Waals surface area contributed by atoms with Crippen molar-refractivity contribution in [2.75, 3.05) is 21.3 Å². The van der Waals surface area contributed by atoms with Crippen molar-refractivity contribution in [3.63, 3.8) is 0 Å². The van der Waals surface area contributed by atoms with Gasteiger partial charge in [-0.15, -0.1) is 0 Å². The predicted octanol–water partition coefficient (Wildman–Crippen LogP) is 4.34. The molecule has 37 heavy (non-hydrogen) atoms. The number of methoxy groups -OCH3 is 3. The number of rotatable bonds is 5. The Morgan fingerprint density at radius 2 is 1.70 bits per heavy atom. The molecule has 7 heteroatoms. The third-order valence-corrected chi connectivity index (χ3v) is 7.99. The average molecular weight is 511 g/mol. The number of fused-ring (bicyclic) bond motifs is 3. The van der Waals surface area contributed by atoms with E-state index < -0.39 is 0 Å². The molecule has 1 aliphatic heterocycles. The number of hydrogen-bond donors (Lipinski definition) is 0. The fourth-order valence-corrected chi connectivity index (χ4v) is 6.20. The molecule has 1 aromatic heterocycles. The lowest BCUT2D eigenvalue weighted by atomic mass is 9.83. The van der Waals surface area contributed by atoms with E-state index in [2.05, 4.69) is 24.3 Å². The van der Waals surface area contributed by atoms with E-state index >= 15 is 0 Å². The summed E-state index contributed by atoms with van der Waals surface area (Å²) in [6.45, 7) is 0. The molecule has 6 rings (SSSR count). The Balaban J connectivity index is 1.59. The number of aryl methyl sites for hydroxylation is 1. The second kappa shape index (κ2) is 9.41. The topological polar surface area (TPSA) is 62.0 Å². The Morgan fingerprint density at radius 1 is 0.919 bits per heavy atom. The van der Waals surface area contributed by atoms with Crippen LogP contribution in [-0.4, -0.2) is 25.9 Å². The van der Waals surface area contributed by atoms with Gasteiger partial charge in [-0.3, -0.25) is 9.36 Å². The third kappa shape index (κ3) is 3.96. The van der Waals surface area contributed by atoms with Gasteiger partial charge in [0.2, 0.25) is 0 Å². The lowest BCUT2D eigenvalue weighted by Gasteiger charge is -2.31. The summed E-state index contributed by atoms with van der Waals surface area (Å²) < 4.78 is 18.8. The minimum atomic E-state index is -0.280. The van der Waals surface area contributed by atoms with Crippen molar-refractivity contribution in [3.05, 3.63) is 114 Å². The van der Waals surface area contributed by atoms with Gasteiger partial charge in [0.15, 0.2) is 16.3 Å². The van der Waals surface area contributed by atoms with Crippen molar-refractivity contribution >= 4 is 23.1 Å². The zero-order valence-corrected chi connectivity index (χ0v) is 21.7. The van der Waals surface area contributed by atoms with Gasteiger partial charge in [-0.05, 0) is 65.4 Å². The minimum Gasteiger partial charge on any atom is -0.497 e. The molecule has 0 spiro atoms. The van der Waals surface area contributed by atoms with Crippen LogP contribution in [0.3, 0.4) is 0 Å². The minimum absolute atomic E-state index is 0.0511. The first kappa shape index (κ1) is 23.3. The quantitative estimate of drug-likeness (QED) is 0.401. The number of nitrogens with zero attached hydrogens (tertiary/aromatic N) is 2. The Morgan fingerprint density at radius 3 is 2.46 bits per heavy atom. The molecule has 0 radical (unpaired) electrons. The average Bonchev–Trinajstić information content (AvgIpc) is 3.26. The molecule has 1 aliphatic carbocycles. The van der Waals surface area contributed by atoms with Crippen LogP contribution in [0.5, 0.6) is 17.2 Å². The molecule has 2 heterocycles. The van der Waals surface area contributed by atoms with Crippen LogP contribution in [0.1, 0.15) is 34.7 Å². The SMILES string of the molecule is COc1ccc(C=c2sc3n(c2=O)C(c2ccc(OC)c(OC)c2)C2=C(N=3)c3ccccc3CC2)cc1. The normalized spacial score (nSPS) is 16.4. The predicted molar refractivity (Wildman–Crippen MR) is 145 cm³/mol. The maximum absolute atomic E-state index is 13.9. The molecule has 0 saturated carbocycles. The maximum atomic E-state index is 13.9. The summed E-state index contributed by atoms with van der Waals surface area (Å²) in [5.74, 6) is 2.07. The van der Waals surface area contributed by atoms with Crippen molar-refractivity contribution < 1.29 is 14.2 Å². The summed E-state index contributed by atoms with van der Waals surface area (Å²) in [5.41, 5.74) is 6.40. The summed E-state index contributed by atoms with van der Waals surface area (Å²) in [6.07, 6.45) is 3.66. The van der Waals surface area contributed by atoms with E-state index in [9.17, 15) is 4.79 Å². The monoisotopic (exact) mass is 510 g/mol. The first-order valence-electron chi connectivity index (χ1n) is 12.1. The van der Waals surface area contributed by atoms with Crippen molar-refractivity contribution in [2.24, 2.45) is 4.99 Å². The number of hydrogen-bond acceptors (Lipinski definition) is 6. The molecule has 3 aromatic carbocycles. The van der Waals surface area contributed by atoms with Gasteiger partial charge in [0.05, 0.1) is 37.6 Å². The van der Waals surface area contributed by atoms with E-state index in [1.165, 1.54) is 16.9 Å². The van der Waals surface area contributed by atoms with Gasteiger partial charge in [0, 0.05) is 5.56 Å². The highest BCUT2D eigenvalue weighted by molar-refractivity contribution is 7.07. The highest BCUT2D eigenvalue weighted by atomic mass is 32.1. The molecule has 0 fully saturated rings. The van der Waals surface area contributed by atoms with Gasteiger partial charge < -0.3 is 14.2 Å². The Bertz CT molecular complexity index is 1710. The van der Waals surface area contributed by atoms with Crippen LogP contribution in [0.4, 0.5) is 0 Å². The molecular weight excluding hydrogens is 484 g/mol. The molecule has 0 saturated heterocycles. The smallest absolute Gasteiger partial charge is 0.271 e. The molecule has 186 valence electrons. The zero-order valence-electron chi connectivity index (χ0n) is 20.9. The molecule has 6 nitrogen and oxygen atoms in total. The van der Waals surface area contributed by atoms with Gasteiger partial charge >= 0.3 is 0 Å². The molecule has 0 N–H and O–H groups in total. The molecule has 1 unspecified atom stereocenters. The Hall–Kier alpha value is -4.10. The highest BCUT2D eigenvalue weighted by Crippen LogP contribution is 2.42. The van der Waals surface area contributed by atoms with Crippen molar-refractivity contribution in [1.82, 2.24) is 4.57 Å². The molecular formula is C30H26N2O4S. The van der Waals surface area contributed by atoms with Crippen LogP contribution in [-0.2, 0) is 6.42 Å². The van der Waals surface area contributed by atoms with E-state index in [-0.39, 0.29) is 11.6 Å². The van der Waals surface area contributed by atoms with Crippen molar-refractivity contribution in [2.45, 2.75) is 18.9 Å². The van der Waals surface area contributed by atoms with Crippen LogP contribution in [0.15, 0.2) is 82.1 Å². The number of aromatic nitrogens is 1. The molecule has 2 aliphatic rings. The summed E-state index contributed by atoms with van der Waals surface area (Å²) >= 11 is 1.42. The lowest BCUT2D eigenvalue weighted by molar-refractivity contribution is 0.354. The van der Waals surface area contributed by atoms with Crippen LogP contribution in [0, 0.1) is 0 Å². The van der Waals surface area contributed by atoms with Gasteiger partial charge in [-0.2, -0.15) is 0 Å². The summed E-state index contributed by atoms with van der Waals surface area (Å²) in [5, 5.41) is 0. The zero-order chi connectivity index (χ0) is 25.5. The van der Waals surface area contributed by atoms with E-state index in [0.29, 0.717) is 20.8 Å². The second-order valence-corrected chi connectivity index (χ2v) is 10.0. The maximum Gasteiger partial charge on any atom is 0.271 e. The van der Waals surface area contributed by atoms with Crippen LogP contribution >= 0.6 is 11.3 Å². The highest BCUT2D eigenvalue weighted by Gasteiger charge is 2.33. The molecule has 0 amide bonds. The number of thiazole rings is 1. The first-order chi connectivity index (χ1) is 18.1. The summed E-state index contributed by atoms with van der Waals surface area (Å²) in [7, 11) is 4.89. The number of ether oxygens (including phenoxy) is 3. The standard InChI is InChI=1S/C30H26N2O4S/c1-34-21-12-8-18(9-13-21)16-26-29(33)32-28(20-11-15-24(35-2)25(17-20)36-3)23-14-10-19-6-4-5-7-22(19)27(23)31-30(32)37-26/h4-9,11-13,15-17,28H,10,14H2,1-3H3. The van der Waals surface area contributed by atoms with Gasteiger partial charge in [-0.1, -0.05) is 53.8 Å². The largest absolute Gasteiger partial charge is 0.497 e. The number of allylic oxidation sites excluding steroid dienone is 1. The van der Waals surface area contributed by atoms with E-state index in [1.54, 1.807) is 21.3 Å². The fourth-order valence-electron chi connectivity index (χ4n) is 5.20. The van der Waals surface area contributed by atoms with Crippen LogP contribution < -0.4 is 29.1 Å². The second-order valence-electron chi connectivity index (χ2n) is 9.00. The lowest BCUT2D eigenvalue weighted by Crippen LogP contribution is -2.38. The molecule has 4 aromatic rings. The molecule has 1 atom stereocenters. The van der Waals surface area contributed by atoms with Gasteiger partial charge in [0.25, 0.3) is 5.56 Å². The van der Waals surface area contributed by atoms with E-state index in [4.69, 9.17) is 19.2 Å². The van der Waals surface area contributed by atoms with Crippen LogP contribution in [0.25, 0.3) is 11.8 Å². The van der Waals surface area contributed by atoms with Gasteiger partial charge in [-0.25, -0.2) is 4.99 Å². The Kier molecular flexibility index (Phi) is 5.93. The fraction of sp³-hybridized carbons (Fsp3) is 0.200. The van der Waals surface area contributed by atoms with E-state index in [1.807, 2.05) is 53.1 Å². The Labute approximate surface area is 218 Å². The van der Waals surface area contributed by atoms with Crippen molar-refractivity contribution in [1.29, 1.82) is 0 Å². The van der Waals surface area contributed by atoms with E-state index in [0.717, 1.165) is 46.6 Å². The van der Waals surface area contributed by atoms with Gasteiger partial charge in [0.1, 0.15) is 5.75 Å². The summed E-state index contributed by atoms with van der Waals surface area (Å²) in [4.78, 5) is 19.7. The summed E-state index contributed by atoms with van der Waals surface area (Å²) in [6, 6.07) is 21.7. The van der Waals surface area contributed by atoms with Crippen molar-refractivity contribution in [3.8, 4) is 17.2 Å². The third-order valence-electron chi connectivity index (χ3n) is 7.01. The van der Waals surface area contributed by atoms with Crippen LogP contribution in [0.2, 0.25) is 0 Å². The molecule has 0 bridgehead atoms. The number of benzene rings is 3. The first-order valence-corrected chi connectivity index (χ1v) is 12.9.